The number of nitrogens with zero attached hydrogens (tertiary/aromatic N) is 2. The molecule has 14 nitrogen and oxygen atoms in total. The molecule has 462 valence electrons. The van der Waals surface area contributed by atoms with Crippen molar-refractivity contribution in [3.05, 3.63) is 119 Å². The molecule has 2 N–H and O–H groups in total. The molecule has 0 unspecified atom stereocenters. The normalized spacial score (nSPS) is 12.0. The fraction of sp³-hybridized carbons (Fsp3) is 0.559. The maximum Gasteiger partial charge on any atom is 0.232 e. The summed E-state index contributed by atoms with van der Waals surface area (Å²) in [5.41, 5.74) is 3.76. The van der Waals surface area contributed by atoms with Crippen LogP contribution in [-0.4, -0.2) is 102 Å². The molecule has 0 saturated carbocycles. The number of furan rings is 2. The van der Waals surface area contributed by atoms with E-state index in [2.05, 4.69) is 60.8 Å². The number of hydrogen-bond donors (Lipinski definition) is 2. The zero-order valence-electron chi connectivity index (χ0n) is 51.5. The Kier molecular flexibility index (Phi) is 28.7. The van der Waals surface area contributed by atoms with Crippen molar-refractivity contribution in [2.45, 2.75) is 183 Å². The lowest BCUT2D eigenvalue weighted by Gasteiger charge is -2.21. The molecule has 6 aromatic rings. The summed E-state index contributed by atoms with van der Waals surface area (Å²) in [6.07, 6.45) is 19.6. The standard InChI is InChI=1S/C68H98N4O10S2/c1-7-13-27-63-65(67(73)53-29-35-57(36-30-53)79-47-25-45-71(41-11-5)43-15-9-3)59-51-55(33-39-61(59)81-63)69-83(75,76)49-23-21-19-17-18-20-22-24-50-84(77,78)70-56-34-40-62-60(52-56)66(64(82-62)28-14-8-2)68(74)54-31-37-58(38-32-54)80-48-26-46-72(42-12-6)44-16-10-4/h29-40,51-52,69-70H,7-28,41-50H2,1-6H3. The number of unbranched alkanes of at least 4 members (excludes halogenated alkanes) is 11. The fourth-order valence-electron chi connectivity index (χ4n) is 10.8. The molecule has 2 heterocycles. The van der Waals surface area contributed by atoms with Crippen LogP contribution in [0, 0.1) is 0 Å². The Balaban J connectivity index is 0.925. The van der Waals surface area contributed by atoms with E-state index in [1.807, 2.05) is 24.3 Å². The summed E-state index contributed by atoms with van der Waals surface area (Å²) in [5, 5.41) is 1.16. The molecule has 4 aromatic carbocycles. The molecule has 0 atom stereocenters. The molecule has 0 aliphatic rings. The van der Waals surface area contributed by atoms with E-state index in [1.165, 1.54) is 25.7 Å². The number of nitrogens with one attached hydrogen (secondary N) is 2. The van der Waals surface area contributed by atoms with Crippen LogP contribution >= 0.6 is 0 Å². The van der Waals surface area contributed by atoms with E-state index in [0.717, 1.165) is 129 Å². The van der Waals surface area contributed by atoms with Crippen molar-refractivity contribution in [2.24, 2.45) is 0 Å². The first-order valence-electron chi connectivity index (χ1n) is 31.8. The van der Waals surface area contributed by atoms with Crippen molar-refractivity contribution >= 4 is 64.9 Å². The maximum atomic E-state index is 14.2. The molecule has 0 aliphatic heterocycles. The lowest BCUT2D eigenvalue weighted by molar-refractivity contribution is 0.103. The minimum atomic E-state index is -3.67. The molecule has 0 spiro atoms. The molecule has 0 aliphatic carbocycles. The van der Waals surface area contributed by atoms with Gasteiger partial charge in [0.2, 0.25) is 20.0 Å². The van der Waals surface area contributed by atoms with Gasteiger partial charge in [-0.3, -0.25) is 19.0 Å². The van der Waals surface area contributed by atoms with E-state index in [0.29, 0.717) is 117 Å². The zero-order chi connectivity index (χ0) is 60.2. The highest BCUT2D eigenvalue weighted by Crippen LogP contribution is 2.34. The highest BCUT2D eigenvalue weighted by Gasteiger charge is 2.25. The van der Waals surface area contributed by atoms with E-state index in [4.69, 9.17) is 18.3 Å². The van der Waals surface area contributed by atoms with Gasteiger partial charge in [-0.15, -0.1) is 0 Å². The first kappa shape index (κ1) is 67.4. The van der Waals surface area contributed by atoms with Gasteiger partial charge in [0.25, 0.3) is 0 Å². The van der Waals surface area contributed by atoms with Crippen molar-refractivity contribution in [1.29, 1.82) is 0 Å². The Morgan fingerprint density at radius 2 is 0.774 bits per heavy atom. The number of carbonyl (C=O) groups excluding carboxylic acids is 2. The molecule has 0 radical (unpaired) electrons. The van der Waals surface area contributed by atoms with Gasteiger partial charge in [-0.2, -0.15) is 0 Å². The third kappa shape index (κ3) is 21.7. The lowest BCUT2D eigenvalue weighted by Crippen LogP contribution is -2.27. The van der Waals surface area contributed by atoms with Crippen molar-refractivity contribution in [2.75, 3.05) is 73.4 Å². The van der Waals surface area contributed by atoms with Crippen molar-refractivity contribution in [3.8, 4) is 11.5 Å². The SMILES string of the molecule is CCCCc1oc2ccc(NS(=O)(=O)CCCCCCCCCCS(=O)(=O)Nc3ccc4oc(CCCC)c(C(=O)c5ccc(OCCCN(CCC)CCCC)cc5)c4c3)cc2c1C(=O)c1ccc(OCCCN(CCC)CCCC)cc1. The second kappa shape index (κ2) is 35.7. The summed E-state index contributed by atoms with van der Waals surface area (Å²) in [4.78, 5) is 33.4. The maximum absolute atomic E-state index is 14.2. The number of sulfonamides is 2. The van der Waals surface area contributed by atoms with E-state index in [1.54, 1.807) is 60.7 Å². The number of anilines is 2. The van der Waals surface area contributed by atoms with Crippen LogP contribution in [0.3, 0.4) is 0 Å². The summed E-state index contributed by atoms with van der Waals surface area (Å²) in [6, 6.07) is 24.7. The molecule has 6 rings (SSSR count). The lowest BCUT2D eigenvalue weighted by atomic mass is 9.98. The van der Waals surface area contributed by atoms with E-state index in [9.17, 15) is 26.4 Å². The van der Waals surface area contributed by atoms with Crippen LogP contribution in [0.5, 0.6) is 11.5 Å². The number of rotatable bonds is 45. The number of aryl methyl sites for hydroxylation is 2. The second-order valence-electron chi connectivity index (χ2n) is 22.6. The molecule has 0 saturated heterocycles. The monoisotopic (exact) mass is 1190 g/mol. The summed E-state index contributed by atoms with van der Waals surface area (Å²) >= 11 is 0. The van der Waals surface area contributed by atoms with Crippen LogP contribution in [0.15, 0.2) is 93.8 Å². The average molecular weight is 1200 g/mol. The number of ether oxygens (including phenoxy) is 2. The van der Waals surface area contributed by atoms with Crippen LogP contribution in [0.25, 0.3) is 21.9 Å². The molecule has 0 bridgehead atoms. The summed E-state index contributed by atoms with van der Waals surface area (Å²) in [7, 11) is -7.35. The van der Waals surface area contributed by atoms with E-state index in [-0.39, 0.29) is 23.1 Å². The summed E-state index contributed by atoms with van der Waals surface area (Å²) < 4.78 is 83.4. The molecule has 2 aromatic heterocycles. The Bertz CT molecular complexity index is 2940. The largest absolute Gasteiger partial charge is 0.494 e. The Morgan fingerprint density at radius 3 is 1.13 bits per heavy atom. The van der Waals surface area contributed by atoms with Gasteiger partial charge < -0.3 is 28.1 Å². The highest BCUT2D eigenvalue weighted by atomic mass is 32.2. The van der Waals surface area contributed by atoms with Gasteiger partial charge in [-0.25, -0.2) is 16.8 Å². The number of carbonyl (C=O) groups is 2. The molecule has 84 heavy (non-hydrogen) atoms. The van der Waals surface area contributed by atoms with Crippen LogP contribution in [-0.2, 0) is 32.9 Å². The molecular formula is C68H98N4O10S2. The zero-order valence-corrected chi connectivity index (χ0v) is 53.1. The van der Waals surface area contributed by atoms with Gasteiger partial charge in [0.1, 0.15) is 34.2 Å². The number of benzene rings is 4. The van der Waals surface area contributed by atoms with Crippen molar-refractivity contribution in [1.82, 2.24) is 9.80 Å². The van der Waals surface area contributed by atoms with Gasteiger partial charge in [0, 0.05) is 59.2 Å². The fourth-order valence-corrected chi connectivity index (χ4v) is 13.1. The quantitative estimate of drug-likeness (QED) is 0.0274. The van der Waals surface area contributed by atoms with Gasteiger partial charge in [-0.05, 0) is 175 Å². The number of ketones is 2. The Hall–Kier alpha value is -5.68. The summed E-state index contributed by atoms with van der Waals surface area (Å²) in [5.74, 6) is 2.20. The van der Waals surface area contributed by atoms with Crippen LogP contribution < -0.4 is 18.9 Å². The average Bonchev–Trinajstić information content (AvgIpc) is 4.28. The third-order valence-electron chi connectivity index (χ3n) is 15.4. The Morgan fingerprint density at radius 1 is 0.417 bits per heavy atom. The van der Waals surface area contributed by atoms with Crippen molar-refractivity contribution < 1.29 is 44.7 Å². The predicted molar refractivity (Wildman–Crippen MR) is 345 cm³/mol. The van der Waals surface area contributed by atoms with Crippen LogP contribution in [0.4, 0.5) is 11.4 Å². The van der Waals surface area contributed by atoms with Gasteiger partial charge in [0.15, 0.2) is 11.6 Å². The smallest absolute Gasteiger partial charge is 0.232 e. The molecule has 0 fully saturated rings. The summed E-state index contributed by atoms with van der Waals surface area (Å²) in [6.45, 7) is 20.6. The van der Waals surface area contributed by atoms with Gasteiger partial charge in [-0.1, -0.05) is 106 Å². The van der Waals surface area contributed by atoms with E-state index < -0.39 is 20.0 Å². The predicted octanol–water partition coefficient (Wildman–Crippen LogP) is 16.2. The Labute approximate surface area is 503 Å². The number of fused-ring (bicyclic) bond motifs is 2. The van der Waals surface area contributed by atoms with Gasteiger partial charge in [0.05, 0.1) is 35.8 Å². The first-order chi connectivity index (χ1) is 40.7. The molecular weight excluding hydrogens is 1100 g/mol. The third-order valence-corrected chi connectivity index (χ3v) is 18.1. The second-order valence-corrected chi connectivity index (χ2v) is 26.3. The molecule has 16 heteroatoms. The van der Waals surface area contributed by atoms with Gasteiger partial charge >= 0.3 is 0 Å². The number of hydrogen-bond acceptors (Lipinski definition) is 12. The minimum absolute atomic E-state index is 0.0357. The highest BCUT2D eigenvalue weighted by molar-refractivity contribution is 7.92. The minimum Gasteiger partial charge on any atom is -0.494 e. The van der Waals surface area contributed by atoms with Crippen molar-refractivity contribution in [3.63, 3.8) is 0 Å². The molecule has 0 amide bonds. The van der Waals surface area contributed by atoms with Crippen LogP contribution in [0.1, 0.15) is 213 Å². The van der Waals surface area contributed by atoms with Crippen LogP contribution in [0.2, 0.25) is 0 Å². The first-order valence-corrected chi connectivity index (χ1v) is 35.1. The van der Waals surface area contributed by atoms with E-state index >= 15 is 0 Å². The topological polar surface area (TPSA) is 178 Å².